The minimum absolute atomic E-state index is 0.0742. The van der Waals surface area contributed by atoms with E-state index in [1.807, 2.05) is 36.9 Å². The van der Waals surface area contributed by atoms with E-state index in [1.54, 1.807) is 14.2 Å². The van der Waals surface area contributed by atoms with Gasteiger partial charge in [0, 0.05) is 24.8 Å². The molecule has 1 aromatic carbocycles. The Morgan fingerprint density at radius 2 is 1.90 bits per heavy atom. The van der Waals surface area contributed by atoms with Gasteiger partial charge in [-0.25, -0.2) is 4.98 Å². The molecule has 0 aliphatic carbocycles. The van der Waals surface area contributed by atoms with Crippen LogP contribution in [0.2, 0.25) is 0 Å². The molecule has 1 aromatic heterocycles. The molecule has 1 spiro atoms. The third-order valence-corrected chi connectivity index (χ3v) is 6.28. The number of carbonyl (C=O) groups is 1. The highest BCUT2D eigenvalue weighted by molar-refractivity contribution is 5.84. The highest BCUT2D eigenvalue weighted by Crippen LogP contribution is 2.37. The van der Waals surface area contributed by atoms with Crippen molar-refractivity contribution in [3.8, 4) is 11.5 Å². The monoisotopic (exact) mass is 395 g/mol. The summed E-state index contributed by atoms with van der Waals surface area (Å²) >= 11 is 0. The molecule has 29 heavy (non-hydrogen) atoms. The summed E-state index contributed by atoms with van der Waals surface area (Å²) in [5.74, 6) is 2.26. The fraction of sp³-hybridized carbons (Fsp3) is 0.478. The Labute approximate surface area is 172 Å². The van der Waals surface area contributed by atoms with Crippen LogP contribution in [0.25, 0.3) is 0 Å². The highest BCUT2D eigenvalue weighted by Gasteiger charge is 2.43. The van der Waals surface area contributed by atoms with Crippen molar-refractivity contribution in [3.05, 3.63) is 47.2 Å². The number of carbonyl (C=O) groups excluding carboxylic acids is 1. The Kier molecular flexibility index (Phi) is 5.11. The molecule has 3 heterocycles. The van der Waals surface area contributed by atoms with Crippen molar-refractivity contribution in [1.82, 2.24) is 9.88 Å². The van der Waals surface area contributed by atoms with E-state index >= 15 is 0 Å². The van der Waals surface area contributed by atoms with Crippen LogP contribution in [-0.2, 0) is 11.2 Å². The average Bonchev–Trinajstić information content (AvgIpc) is 3.15. The van der Waals surface area contributed by atoms with E-state index in [9.17, 15) is 4.79 Å². The van der Waals surface area contributed by atoms with Crippen LogP contribution in [0.3, 0.4) is 0 Å². The number of hydrogen-bond acceptors (Lipinski definition) is 5. The number of aromatic nitrogens is 1. The molecule has 2 aromatic rings. The van der Waals surface area contributed by atoms with Crippen molar-refractivity contribution in [3.63, 3.8) is 0 Å². The number of rotatable bonds is 4. The van der Waals surface area contributed by atoms with E-state index in [1.165, 1.54) is 5.56 Å². The number of ether oxygens (including phenoxy) is 2. The van der Waals surface area contributed by atoms with Crippen molar-refractivity contribution in [2.45, 2.75) is 44.6 Å². The van der Waals surface area contributed by atoms with Crippen LogP contribution in [0.4, 0.5) is 5.82 Å². The van der Waals surface area contributed by atoms with E-state index < -0.39 is 0 Å². The van der Waals surface area contributed by atoms with Gasteiger partial charge in [0.1, 0.15) is 17.3 Å². The van der Waals surface area contributed by atoms with Crippen molar-refractivity contribution in [2.24, 2.45) is 0 Å². The van der Waals surface area contributed by atoms with E-state index in [2.05, 4.69) is 22.4 Å². The molecule has 0 radical (unpaired) electrons. The third-order valence-electron chi connectivity index (χ3n) is 6.28. The molecule has 1 fully saturated rings. The van der Waals surface area contributed by atoms with Gasteiger partial charge in [0.05, 0.1) is 25.7 Å². The zero-order valence-electron chi connectivity index (χ0n) is 17.6. The van der Waals surface area contributed by atoms with Gasteiger partial charge in [-0.15, -0.1) is 0 Å². The first kappa shape index (κ1) is 19.6. The summed E-state index contributed by atoms with van der Waals surface area (Å²) in [5, 5.41) is 3.67. The smallest absolute Gasteiger partial charge is 0.229 e. The first-order valence-electron chi connectivity index (χ1n) is 10.2. The van der Waals surface area contributed by atoms with Crippen LogP contribution < -0.4 is 14.8 Å². The molecule has 1 N–H and O–H groups in total. The van der Waals surface area contributed by atoms with E-state index in [0.29, 0.717) is 18.0 Å². The number of amides is 1. The maximum Gasteiger partial charge on any atom is 0.229 e. The minimum Gasteiger partial charge on any atom is -0.497 e. The van der Waals surface area contributed by atoms with Gasteiger partial charge in [0.15, 0.2) is 0 Å². The fourth-order valence-electron chi connectivity index (χ4n) is 4.45. The molecule has 154 valence electrons. The average molecular weight is 396 g/mol. The molecule has 0 unspecified atom stereocenters. The first-order chi connectivity index (χ1) is 13.9. The topological polar surface area (TPSA) is 63.7 Å². The Morgan fingerprint density at radius 3 is 2.59 bits per heavy atom. The lowest BCUT2D eigenvalue weighted by Gasteiger charge is -2.36. The van der Waals surface area contributed by atoms with Crippen LogP contribution in [0.5, 0.6) is 11.5 Å². The van der Waals surface area contributed by atoms with Gasteiger partial charge in [-0.3, -0.25) is 4.79 Å². The molecular formula is C23H29N3O3. The predicted molar refractivity (Wildman–Crippen MR) is 113 cm³/mol. The Balaban J connectivity index is 1.50. The second-order valence-electron chi connectivity index (χ2n) is 8.24. The van der Waals surface area contributed by atoms with Crippen LogP contribution in [-0.4, -0.2) is 48.6 Å². The number of nitrogens with one attached hydrogen (secondary N) is 1. The first-order valence-corrected chi connectivity index (χ1v) is 10.2. The van der Waals surface area contributed by atoms with Gasteiger partial charge in [-0.05, 0) is 62.4 Å². The molecular weight excluding hydrogens is 366 g/mol. The molecule has 1 saturated heterocycles. The Hall–Kier alpha value is -2.76. The van der Waals surface area contributed by atoms with Gasteiger partial charge >= 0.3 is 0 Å². The predicted octanol–water partition coefficient (Wildman–Crippen LogP) is 3.54. The van der Waals surface area contributed by atoms with Gasteiger partial charge in [-0.2, -0.15) is 0 Å². The van der Waals surface area contributed by atoms with Crippen molar-refractivity contribution >= 4 is 11.7 Å². The quantitative estimate of drug-likeness (QED) is 0.858. The Morgan fingerprint density at radius 1 is 1.17 bits per heavy atom. The minimum atomic E-state index is -0.259. The summed E-state index contributed by atoms with van der Waals surface area (Å²) < 4.78 is 10.7. The summed E-state index contributed by atoms with van der Waals surface area (Å²) in [4.78, 5) is 19.9. The summed E-state index contributed by atoms with van der Waals surface area (Å²) in [7, 11) is 3.25. The third kappa shape index (κ3) is 3.76. The number of methoxy groups -OCH3 is 2. The standard InChI is InChI=1S/C23H29N3O3/c1-15-5-6-17-7-8-23(25-21(17)24-15)9-10-26(14-23)22(27)16(2)18-11-19(28-3)13-20(12-18)29-4/h5-6,11-13,16H,7-10,14H2,1-4H3,(H,24,25)/t16-,23+/m1/s1. The van der Waals surface area contributed by atoms with E-state index in [4.69, 9.17) is 9.47 Å². The van der Waals surface area contributed by atoms with E-state index in [-0.39, 0.29) is 17.4 Å². The maximum atomic E-state index is 13.3. The van der Waals surface area contributed by atoms with Crippen LogP contribution in [0.15, 0.2) is 30.3 Å². The summed E-state index contributed by atoms with van der Waals surface area (Å²) in [6.07, 6.45) is 2.97. The van der Waals surface area contributed by atoms with Gasteiger partial charge in [0.25, 0.3) is 0 Å². The number of aryl methyl sites for hydroxylation is 2. The molecule has 6 nitrogen and oxygen atoms in total. The second-order valence-corrected chi connectivity index (χ2v) is 8.24. The van der Waals surface area contributed by atoms with Crippen molar-refractivity contribution < 1.29 is 14.3 Å². The van der Waals surface area contributed by atoms with Crippen LogP contribution in [0.1, 0.15) is 42.5 Å². The number of anilines is 1. The molecule has 2 aliphatic heterocycles. The lowest BCUT2D eigenvalue weighted by atomic mass is 9.86. The Bertz CT molecular complexity index is 907. The lowest BCUT2D eigenvalue weighted by Crippen LogP contribution is -2.46. The molecule has 6 heteroatoms. The molecule has 0 saturated carbocycles. The number of hydrogen-bond donors (Lipinski definition) is 1. The fourth-order valence-corrected chi connectivity index (χ4v) is 4.45. The highest BCUT2D eigenvalue weighted by atomic mass is 16.5. The second kappa shape index (κ2) is 7.58. The summed E-state index contributed by atoms with van der Waals surface area (Å²) in [5.41, 5.74) is 3.11. The molecule has 4 rings (SSSR count). The number of nitrogens with zero attached hydrogens (tertiary/aromatic N) is 2. The summed E-state index contributed by atoms with van der Waals surface area (Å²) in [6, 6.07) is 9.88. The van der Waals surface area contributed by atoms with Gasteiger partial charge < -0.3 is 19.7 Å². The normalized spacial score (nSPS) is 21.4. The van der Waals surface area contributed by atoms with Crippen LogP contribution in [0, 0.1) is 6.92 Å². The SMILES string of the molecule is COc1cc(OC)cc([C@@H](C)C(=O)N2CC[C@@]3(CCc4ccc(C)nc4N3)C2)c1. The number of benzene rings is 1. The maximum absolute atomic E-state index is 13.3. The number of likely N-dealkylation sites (tertiary alicyclic amines) is 1. The zero-order valence-corrected chi connectivity index (χ0v) is 17.6. The number of fused-ring (bicyclic) bond motifs is 1. The van der Waals surface area contributed by atoms with Crippen molar-refractivity contribution in [2.75, 3.05) is 32.6 Å². The number of pyridine rings is 1. The van der Waals surface area contributed by atoms with Crippen LogP contribution >= 0.6 is 0 Å². The lowest BCUT2D eigenvalue weighted by molar-refractivity contribution is -0.131. The van der Waals surface area contributed by atoms with Gasteiger partial charge in [0.2, 0.25) is 5.91 Å². The molecule has 0 bridgehead atoms. The molecule has 2 atom stereocenters. The van der Waals surface area contributed by atoms with Crippen molar-refractivity contribution in [1.29, 1.82) is 0 Å². The van der Waals surface area contributed by atoms with E-state index in [0.717, 1.165) is 42.9 Å². The van der Waals surface area contributed by atoms with Gasteiger partial charge in [-0.1, -0.05) is 6.07 Å². The molecule has 2 aliphatic rings. The summed E-state index contributed by atoms with van der Waals surface area (Å²) in [6.45, 7) is 5.44. The molecule has 1 amide bonds. The largest absolute Gasteiger partial charge is 0.497 e. The zero-order chi connectivity index (χ0) is 20.6.